The van der Waals surface area contributed by atoms with Gasteiger partial charge in [-0.25, -0.2) is 0 Å². The normalized spacial score (nSPS) is 29.6. The summed E-state index contributed by atoms with van der Waals surface area (Å²) in [4.78, 5) is 2.41. The number of likely N-dealkylation sites (tertiary alicyclic amines) is 1. The minimum atomic E-state index is 0.594. The molecule has 1 aliphatic carbocycles. The van der Waals surface area contributed by atoms with Gasteiger partial charge in [0.05, 0.1) is 0 Å². The van der Waals surface area contributed by atoms with Crippen LogP contribution in [0.5, 0.6) is 0 Å². The number of ether oxygens (including phenoxy) is 1. The summed E-state index contributed by atoms with van der Waals surface area (Å²) in [6, 6.07) is 0.731. The van der Waals surface area contributed by atoms with Gasteiger partial charge in [0.25, 0.3) is 0 Å². The van der Waals surface area contributed by atoms with Crippen molar-refractivity contribution in [3.63, 3.8) is 0 Å². The molecule has 0 spiro atoms. The molecule has 1 saturated heterocycles. The molecule has 0 radical (unpaired) electrons. The summed E-state index contributed by atoms with van der Waals surface area (Å²) in [6.07, 6.45) is 5.34. The van der Waals surface area contributed by atoms with E-state index in [4.69, 9.17) is 4.74 Å². The van der Waals surface area contributed by atoms with Crippen LogP contribution in [-0.4, -0.2) is 51.3 Å². The molecule has 1 aliphatic heterocycles. The average molecular weight is 212 g/mol. The highest BCUT2D eigenvalue weighted by molar-refractivity contribution is 4.96. The van der Waals surface area contributed by atoms with E-state index < -0.39 is 0 Å². The smallest absolute Gasteiger partial charge is 0.0468 e. The molecular weight excluding hydrogens is 188 g/mol. The van der Waals surface area contributed by atoms with E-state index in [1.165, 1.54) is 45.3 Å². The van der Waals surface area contributed by atoms with Crippen LogP contribution in [0.1, 0.15) is 25.7 Å². The lowest BCUT2D eigenvalue weighted by atomic mass is 10.0. The van der Waals surface area contributed by atoms with Crippen LogP contribution >= 0.6 is 0 Å². The minimum absolute atomic E-state index is 0.594. The molecule has 2 aliphatic rings. The highest BCUT2D eigenvalue weighted by Crippen LogP contribution is 2.48. The van der Waals surface area contributed by atoms with Crippen molar-refractivity contribution in [2.24, 2.45) is 5.41 Å². The van der Waals surface area contributed by atoms with Gasteiger partial charge in [-0.15, -0.1) is 0 Å². The van der Waals surface area contributed by atoms with E-state index in [2.05, 4.69) is 17.3 Å². The van der Waals surface area contributed by atoms with Crippen molar-refractivity contribution in [1.29, 1.82) is 0 Å². The fourth-order valence-electron chi connectivity index (χ4n) is 2.47. The first kappa shape index (κ1) is 11.4. The topological polar surface area (TPSA) is 24.5 Å². The maximum Gasteiger partial charge on any atom is 0.0468 e. The van der Waals surface area contributed by atoms with Gasteiger partial charge in [0, 0.05) is 32.8 Å². The molecule has 1 heterocycles. The van der Waals surface area contributed by atoms with Gasteiger partial charge in [-0.3, -0.25) is 0 Å². The summed E-state index contributed by atoms with van der Waals surface area (Å²) in [5.74, 6) is 0. The second-order valence-corrected chi connectivity index (χ2v) is 5.37. The zero-order chi connectivity index (χ0) is 10.7. The van der Waals surface area contributed by atoms with E-state index in [0.29, 0.717) is 5.41 Å². The maximum absolute atomic E-state index is 5.17. The van der Waals surface area contributed by atoms with E-state index >= 15 is 0 Å². The van der Waals surface area contributed by atoms with E-state index in [1.807, 2.05) is 0 Å². The lowest BCUT2D eigenvalue weighted by Crippen LogP contribution is -2.36. The van der Waals surface area contributed by atoms with Crippen molar-refractivity contribution >= 4 is 0 Å². The van der Waals surface area contributed by atoms with Crippen molar-refractivity contribution in [2.75, 3.05) is 40.4 Å². The van der Waals surface area contributed by atoms with Crippen LogP contribution in [0.2, 0.25) is 0 Å². The van der Waals surface area contributed by atoms with Gasteiger partial charge in [-0.2, -0.15) is 0 Å². The first-order chi connectivity index (χ1) is 7.24. The van der Waals surface area contributed by atoms with Crippen molar-refractivity contribution in [3.8, 4) is 0 Å². The summed E-state index contributed by atoms with van der Waals surface area (Å²) in [5, 5.41) is 3.73. The molecule has 0 aromatic carbocycles. The standard InChI is InChI=1S/C12H24N2O/c1-14-7-3-11(9-14)13-10-12(4-5-12)6-8-15-2/h11,13H,3-10H2,1-2H3. The number of hydrogen-bond acceptors (Lipinski definition) is 3. The van der Waals surface area contributed by atoms with Crippen LogP contribution in [-0.2, 0) is 4.74 Å². The molecule has 0 amide bonds. The van der Waals surface area contributed by atoms with Gasteiger partial charge < -0.3 is 15.0 Å². The molecule has 0 aromatic rings. The van der Waals surface area contributed by atoms with Crippen LogP contribution in [0.4, 0.5) is 0 Å². The fourth-order valence-corrected chi connectivity index (χ4v) is 2.47. The zero-order valence-electron chi connectivity index (χ0n) is 10.1. The Morgan fingerprint density at radius 3 is 2.80 bits per heavy atom. The van der Waals surface area contributed by atoms with Crippen molar-refractivity contribution in [1.82, 2.24) is 10.2 Å². The molecule has 1 N–H and O–H groups in total. The number of likely N-dealkylation sites (N-methyl/N-ethyl adjacent to an activating group) is 1. The van der Waals surface area contributed by atoms with Crippen LogP contribution in [0, 0.1) is 5.41 Å². The molecule has 3 heteroatoms. The van der Waals surface area contributed by atoms with Gasteiger partial charge in [0.1, 0.15) is 0 Å². The van der Waals surface area contributed by atoms with Crippen molar-refractivity contribution < 1.29 is 4.74 Å². The van der Waals surface area contributed by atoms with Crippen molar-refractivity contribution in [2.45, 2.75) is 31.7 Å². The van der Waals surface area contributed by atoms with Crippen LogP contribution < -0.4 is 5.32 Å². The van der Waals surface area contributed by atoms with Gasteiger partial charge in [-0.05, 0) is 44.7 Å². The molecule has 1 saturated carbocycles. The SMILES string of the molecule is COCCC1(CNC2CCN(C)C2)CC1. The molecule has 88 valence electrons. The van der Waals surface area contributed by atoms with Gasteiger partial charge in [-0.1, -0.05) is 0 Å². The quantitative estimate of drug-likeness (QED) is 0.713. The van der Waals surface area contributed by atoms with Crippen molar-refractivity contribution in [3.05, 3.63) is 0 Å². The number of nitrogens with zero attached hydrogens (tertiary/aromatic N) is 1. The third-order valence-electron chi connectivity index (χ3n) is 3.95. The van der Waals surface area contributed by atoms with Gasteiger partial charge in [0.15, 0.2) is 0 Å². The second kappa shape index (κ2) is 4.81. The molecule has 15 heavy (non-hydrogen) atoms. The average Bonchev–Trinajstić information content (AvgIpc) is 2.89. The summed E-state index contributed by atoms with van der Waals surface area (Å²) in [6.45, 7) is 4.60. The molecule has 3 nitrogen and oxygen atoms in total. The highest BCUT2D eigenvalue weighted by atomic mass is 16.5. The second-order valence-electron chi connectivity index (χ2n) is 5.37. The molecule has 1 unspecified atom stereocenters. The summed E-state index contributed by atoms with van der Waals surface area (Å²) in [7, 11) is 4.01. The Balaban J connectivity index is 1.64. The predicted octanol–water partition coefficient (Wildman–Crippen LogP) is 1.10. The molecular formula is C12H24N2O. The molecule has 2 fully saturated rings. The Bertz CT molecular complexity index is 204. The third kappa shape index (κ3) is 3.16. The van der Waals surface area contributed by atoms with E-state index in [1.54, 1.807) is 7.11 Å². The maximum atomic E-state index is 5.17. The first-order valence-electron chi connectivity index (χ1n) is 6.15. The lowest BCUT2D eigenvalue weighted by Gasteiger charge is -2.19. The highest BCUT2D eigenvalue weighted by Gasteiger charge is 2.42. The number of rotatable bonds is 6. The predicted molar refractivity (Wildman–Crippen MR) is 62.1 cm³/mol. The zero-order valence-corrected chi connectivity index (χ0v) is 10.1. The Labute approximate surface area is 93.2 Å². The minimum Gasteiger partial charge on any atom is -0.385 e. The first-order valence-corrected chi connectivity index (χ1v) is 6.15. The van der Waals surface area contributed by atoms with E-state index in [-0.39, 0.29) is 0 Å². The van der Waals surface area contributed by atoms with Gasteiger partial charge in [0.2, 0.25) is 0 Å². The number of nitrogens with one attached hydrogen (secondary N) is 1. The number of methoxy groups -OCH3 is 1. The molecule has 0 bridgehead atoms. The largest absolute Gasteiger partial charge is 0.385 e. The summed E-state index contributed by atoms with van der Waals surface area (Å²) < 4.78 is 5.17. The van der Waals surface area contributed by atoms with Crippen LogP contribution in [0.15, 0.2) is 0 Å². The van der Waals surface area contributed by atoms with E-state index in [9.17, 15) is 0 Å². The van der Waals surface area contributed by atoms with Gasteiger partial charge >= 0.3 is 0 Å². The Morgan fingerprint density at radius 2 is 2.27 bits per heavy atom. The Morgan fingerprint density at radius 1 is 1.47 bits per heavy atom. The fraction of sp³-hybridized carbons (Fsp3) is 1.00. The Kier molecular flexibility index (Phi) is 3.65. The molecule has 2 rings (SSSR count). The van der Waals surface area contributed by atoms with Crippen LogP contribution in [0.3, 0.4) is 0 Å². The monoisotopic (exact) mass is 212 g/mol. The number of hydrogen-bond donors (Lipinski definition) is 1. The lowest BCUT2D eigenvalue weighted by molar-refractivity contribution is 0.170. The third-order valence-corrected chi connectivity index (χ3v) is 3.95. The Hall–Kier alpha value is -0.120. The summed E-state index contributed by atoms with van der Waals surface area (Å²) >= 11 is 0. The molecule has 0 aromatic heterocycles. The molecule has 1 atom stereocenters. The summed E-state index contributed by atoms with van der Waals surface area (Å²) in [5.41, 5.74) is 0.594. The van der Waals surface area contributed by atoms with E-state index in [0.717, 1.165) is 12.6 Å². The van der Waals surface area contributed by atoms with Crippen LogP contribution in [0.25, 0.3) is 0 Å².